The van der Waals surface area contributed by atoms with E-state index in [1.807, 2.05) is 30.7 Å². The van der Waals surface area contributed by atoms with Crippen molar-refractivity contribution in [3.63, 3.8) is 0 Å². The van der Waals surface area contributed by atoms with Crippen molar-refractivity contribution in [1.29, 1.82) is 0 Å². The molecule has 1 aromatic carbocycles. The van der Waals surface area contributed by atoms with Gasteiger partial charge in [-0.25, -0.2) is 9.78 Å². The predicted molar refractivity (Wildman–Crippen MR) is 86.1 cm³/mol. The van der Waals surface area contributed by atoms with E-state index in [1.54, 1.807) is 30.7 Å². The van der Waals surface area contributed by atoms with E-state index in [-0.39, 0.29) is 11.8 Å². The molecule has 2 rings (SSSR count). The Morgan fingerprint density at radius 1 is 1.39 bits per heavy atom. The molecule has 0 bridgehead atoms. The molecule has 23 heavy (non-hydrogen) atoms. The minimum Gasteiger partial charge on any atom is -0.480 e. The number of benzene rings is 1. The van der Waals surface area contributed by atoms with Crippen LogP contribution in [0.2, 0.25) is 0 Å². The van der Waals surface area contributed by atoms with Crippen molar-refractivity contribution in [3.05, 3.63) is 54.1 Å². The largest absolute Gasteiger partial charge is 0.480 e. The second-order valence-corrected chi connectivity index (χ2v) is 5.61. The molecule has 0 fully saturated rings. The van der Waals surface area contributed by atoms with Gasteiger partial charge in [-0.3, -0.25) is 4.79 Å². The number of carbonyl (C=O) groups is 2. The van der Waals surface area contributed by atoms with Gasteiger partial charge < -0.3 is 15.0 Å². The first-order chi connectivity index (χ1) is 11.0. The standard InChI is InChI=1S/C17H21N3O3/c1-3-12(2)15(17(22)23)19-16(21)14-6-4-5-13(9-14)10-20-8-7-18-11-20/h4-9,11-12,15H,3,10H2,1-2H3,(H,19,21)(H,22,23)/t12-,15-/m0/s1. The Labute approximate surface area is 135 Å². The average Bonchev–Trinajstić information content (AvgIpc) is 3.04. The Balaban J connectivity index is 2.11. The number of carboxylic acids is 1. The highest BCUT2D eigenvalue weighted by Crippen LogP contribution is 2.11. The van der Waals surface area contributed by atoms with Crippen molar-refractivity contribution in [3.8, 4) is 0 Å². The van der Waals surface area contributed by atoms with Crippen LogP contribution in [0.3, 0.4) is 0 Å². The summed E-state index contributed by atoms with van der Waals surface area (Å²) in [6, 6.07) is 6.28. The Morgan fingerprint density at radius 2 is 2.17 bits per heavy atom. The maximum absolute atomic E-state index is 12.3. The molecule has 0 aliphatic carbocycles. The van der Waals surface area contributed by atoms with Crippen LogP contribution in [0.4, 0.5) is 0 Å². The predicted octanol–water partition coefficient (Wildman–Crippen LogP) is 2.16. The summed E-state index contributed by atoms with van der Waals surface area (Å²) in [5.41, 5.74) is 1.41. The number of amides is 1. The van der Waals surface area contributed by atoms with Crippen LogP contribution < -0.4 is 5.32 Å². The molecule has 2 N–H and O–H groups in total. The van der Waals surface area contributed by atoms with Crippen LogP contribution in [0.25, 0.3) is 0 Å². The summed E-state index contributed by atoms with van der Waals surface area (Å²) in [5.74, 6) is -1.52. The lowest BCUT2D eigenvalue weighted by Gasteiger charge is -2.20. The zero-order chi connectivity index (χ0) is 16.8. The summed E-state index contributed by atoms with van der Waals surface area (Å²) in [5, 5.41) is 11.9. The van der Waals surface area contributed by atoms with Gasteiger partial charge in [-0.1, -0.05) is 32.4 Å². The summed E-state index contributed by atoms with van der Waals surface area (Å²) >= 11 is 0. The molecule has 0 aliphatic heterocycles. The number of imidazole rings is 1. The molecule has 122 valence electrons. The molecule has 0 aliphatic rings. The molecule has 0 spiro atoms. The van der Waals surface area contributed by atoms with Crippen LogP contribution in [-0.4, -0.2) is 32.6 Å². The van der Waals surface area contributed by atoms with Crippen molar-refractivity contribution < 1.29 is 14.7 Å². The molecule has 0 saturated carbocycles. The number of carboxylic acid groups (broad SMARTS) is 1. The van der Waals surface area contributed by atoms with Gasteiger partial charge in [0.2, 0.25) is 0 Å². The summed E-state index contributed by atoms with van der Waals surface area (Å²) in [6.45, 7) is 4.32. The van der Waals surface area contributed by atoms with Crippen molar-refractivity contribution >= 4 is 11.9 Å². The van der Waals surface area contributed by atoms with Crippen molar-refractivity contribution in [2.24, 2.45) is 5.92 Å². The van der Waals surface area contributed by atoms with E-state index < -0.39 is 12.0 Å². The van der Waals surface area contributed by atoms with E-state index in [2.05, 4.69) is 10.3 Å². The first kappa shape index (κ1) is 16.7. The fraction of sp³-hybridized carbons (Fsp3) is 0.353. The molecule has 2 atom stereocenters. The van der Waals surface area contributed by atoms with Crippen molar-refractivity contribution in [2.75, 3.05) is 0 Å². The number of hydrogen-bond donors (Lipinski definition) is 2. The third-order valence-electron chi connectivity index (χ3n) is 3.88. The third kappa shape index (κ3) is 4.42. The van der Waals surface area contributed by atoms with E-state index >= 15 is 0 Å². The minimum absolute atomic E-state index is 0.134. The number of aliphatic carboxylic acids is 1. The van der Waals surface area contributed by atoms with Gasteiger partial charge in [0, 0.05) is 24.5 Å². The molecular weight excluding hydrogens is 294 g/mol. The van der Waals surface area contributed by atoms with Crippen LogP contribution in [0.1, 0.15) is 36.2 Å². The van der Waals surface area contributed by atoms with Gasteiger partial charge in [-0.05, 0) is 23.6 Å². The molecule has 0 saturated heterocycles. The molecule has 1 heterocycles. The first-order valence-corrected chi connectivity index (χ1v) is 7.59. The van der Waals surface area contributed by atoms with E-state index in [1.165, 1.54) is 0 Å². The molecule has 1 amide bonds. The summed E-state index contributed by atoms with van der Waals surface area (Å²) in [7, 11) is 0. The third-order valence-corrected chi connectivity index (χ3v) is 3.88. The topological polar surface area (TPSA) is 84.2 Å². The summed E-state index contributed by atoms with van der Waals surface area (Å²) in [6.07, 6.45) is 5.92. The van der Waals surface area contributed by atoms with Crippen LogP contribution in [0.5, 0.6) is 0 Å². The summed E-state index contributed by atoms with van der Waals surface area (Å²) < 4.78 is 1.90. The van der Waals surface area contributed by atoms with Gasteiger partial charge in [-0.2, -0.15) is 0 Å². The minimum atomic E-state index is -1.01. The lowest BCUT2D eigenvalue weighted by molar-refractivity contribution is -0.140. The number of aromatic nitrogens is 2. The van der Waals surface area contributed by atoms with Gasteiger partial charge in [-0.15, -0.1) is 0 Å². The summed E-state index contributed by atoms with van der Waals surface area (Å²) in [4.78, 5) is 27.6. The van der Waals surface area contributed by atoms with Gasteiger partial charge >= 0.3 is 5.97 Å². The lowest BCUT2D eigenvalue weighted by atomic mass is 9.98. The highest BCUT2D eigenvalue weighted by molar-refractivity contribution is 5.96. The first-order valence-electron chi connectivity index (χ1n) is 7.59. The van der Waals surface area contributed by atoms with Crippen LogP contribution >= 0.6 is 0 Å². The van der Waals surface area contributed by atoms with E-state index in [0.717, 1.165) is 5.56 Å². The smallest absolute Gasteiger partial charge is 0.326 e. The number of carbonyl (C=O) groups excluding carboxylic acids is 1. The van der Waals surface area contributed by atoms with Crippen LogP contribution in [0.15, 0.2) is 43.0 Å². The van der Waals surface area contributed by atoms with Crippen molar-refractivity contribution in [2.45, 2.75) is 32.9 Å². The maximum atomic E-state index is 12.3. The molecule has 2 aromatic rings. The zero-order valence-electron chi connectivity index (χ0n) is 13.3. The number of rotatable bonds is 7. The van der Waals surface area contributed by atoms with Gasteiger partial charge in [0.1, 0.15) is 6.04 Å². The van der Waals surface area contributed by atoms with Gasteiger partial charge in [0.25, 0.3) is 5.91 Å². The average molecular weight is 315 g/mol. The highest BCUT2D eigenvalue weighted by atomic mass is 16.4. The van der Waals surface area contributed by atoms with E-state index in [9.17, 15) is 14.7 Å². The molecule has 0 radical (unpaired) electrons. The number of nitrogens with one attached hydrogen (secondary N) is 1. The monoisotopic (exact) mass is 315 g/mol. The Kier molecular flexibility index (Phi) is 5.51. The number of hydrogen-bond acceptors (Lipinski definition) is 3. The second-order valence-electron chi connectivity index (χ2n) is 5.61. The maximum Gasteiger partial charge on any atom is 0.326 e. The zero-order valence-corrected chi connectivity index (χ0v) is 13.3. The quantitative estimate of drug-likeness (QED) is 0.820. The molecule has 0 unspecified atom stereocenters. The van der Waals surface area contributed by atoms with Gasteiger partial charge in [0.15, 0.2) is 0 Å². The molecule has 1 aromatic heterocycles. The van der Waals surface area contributed by atoms with Crippen LogP contribution in [0, 0.1) is 5.92 Å². The Morgan fingerprint density at radius 3 is 2.78 bits per heavy atom. The molecule has 6 nitrogen and oxygen atoms in total. The second kappa shape index (κ2) is 7.58. The Hall–Kier alpha value is -2.63. The fourth-order valence-corrected chi connectivity index (χ4v) is 2.31. The highest BCUT2D eigenvalue weighted by Gasteiger charge is 2.25. The fourth-order valence-electron chi connectivity index (χ4n) is 2.31. The van der Waals surface area contributed by atoms with Crippen molar-refractivity contribution in [1.82, 2.24) is 14.9 Å². The lowest BCUT2D eigenvalue weighted by Crippen LogP contribution is -2.45. The van der Waals surface area contributed by atoms with E-state index in [0.29, 0.717) is 18.5 Å². The van der Waals surface area contributed by atoms with Gasteiger partial charge in [0.05, 0.1) is 6.33 Å². The molecular formula is C17H21N3O3. The SMILES string of the molecule is CC[C@H](C)[C@H](NC(=O)c1cccc(Cn2ccnc2)c1)C(=O)O. The number of nitrogens with zero attached hydrogens (tertiary/aromatic N) is 2. The molecule has 6 heteroatoms. The van der Waals surface area contributed by atoms with Crippen LogP contribution in [-0.2, 0) is 11.3 Å². The Bertz CT molecular complexity index is 667. The van der Waals surface area contributed by atoms with E-state index in [4.69, 9.17) is 0 Å². The normalized spacial score (nSPS) is 13.3.